The standard InChI is InChI=1S/C12H22N2O3/c1-3-14(9(2)8-11(15)16)12(17)13-7-6-10-4-5-10/h9-10H,3-8H2,1-2H3,(H,13,17)(H,15,16). The Labute approximate surface area is 102 Å². The van der Waals surface area contributed by atoms with Gasteiger partial charge in [0.2, 0.25) is 0 Å². The number of amides is 2. The van der Waals surface area contributed by atoms with Crippen molar-refractivity contribution in [3.8, 4) is 0 Å². The molecule has 1 fully saturated rings. The Kier molecular flexibility index (Phi) is 5.25. The van der Waals surface area contributed by atoms with Crippen molar-refractivity contribution >= 4 is 12.0 Å². The normalized spacial score (nSPS) is 16.4. The molecule has 17 heavy (non-hydrogen) atoms. The van der Waals surface area contributed by atoms with Gasteiger partial charge in [0.1, 0.15) is 0 Å². The average Bonchev–Trinajstić information content (AvgIpc) is 3.01. The fourth-order valence-corrected chi connectivity index (χ4v) is 1.91. The minimum Gasteiger partial charge on any atom is -0.481 e. The molecular formula is C12H22N2O3. The molecule has 0 radical (unpaired) electrons. The molecule has 1 saturated carbocycles. The largest absolute Gasteiger partial charge is 0.481 e. The van der Waals surface area contributed by atoms with Crippen molar-refractivity contribution in [3.63, 3.8) is 0 Å². The van der Waals surface area contributed by atoms with E-state index in [1.54, 1.807) is 11.8 Å². The molecule has 0 bridgehead atoms. The van der Waals surface area contributed by atoms with E-state index in [0.29, 0.717) is 13.1 Å². The van der Waals surface area contributed by atoms with E-state index in [1.165, 1.54) is 12.8 Å². The molecule has 0 aromatic carbocycles. The number of nitrogens with zero attached hydrogens (tertiary/aromatic N) is 1. The number of carbonyl (C=O) groups is 2. The summed E-state index contributed by atoms with van der Waals surface area (Å²) < 4.78 is 0. The molecule has 1 aliphatic carbocycles. The van der Waals surface area contributed by atoms with Crippen LogP contribution in [0.2, 0.25) is 0 Å². The molecular weight excluding hydrogens is 220 g/mol. The lowest BCUT2D eigenvalue weighted by molar-refractivity contribution is -0.138. The predicted molar refractivity (Wildman–Crippen MR) is 64.8 cm³/mol. The number of rotatable bonds is 7. The Balaban J connectivity index is 2.30. The van der Waals surface area contributed by atoms with Crippen molar-refractivity contribution in [2.75, 3.05) is 13.1 Å². The summed E-state index contributed by atoms with van der Waals surface area (Å²) in [4.78, 5) is 24.0. The predicted octanol–water partition coefficient (Wildman–Crippen LogP) is 1.68. The van der Waals surface area contributed by atoms with Crippen molar-refractivity contribution < 1.29 is 14.7 Å². The fraction of sp³-hybridized carbons (Fsp3) is 0.833. The van der Waals surface area contributed by atoms with Crippen LogP contribution in [0.15, 0.2) is 0 Å². The van der Waals surface area contributed by atoms with Crippen LogP contribution < -0.4 is 5.32 Å². The maximum Gasteiger partial charge on any atom is 0.317 e. The highest BCUT2D eigenvalue weighted by molar-refractivity contribution is 5.75. The van der Waals surface area contributed by atoms with E-state index in [0.717, 1.165) is 12.3 Å². The van der Waals surface area contributed by atoms with E-state index < -0.39 is 5.97 Å². The second-order valence-electron chi connectivity index (χ2n) is 4.70. The molecule has 1 atom stereocenters. The Hall–Kier alpha value is -1.26. The maximum atomic E-state index is 11.8. The molecule has 0 aromatic rings. The Morgan fingerprint density at radius 2 is 2.12 bits per heavy atom. The number of carboxylic acid groups (broad SMARTS) is 1. The fourth-order valence-electron chi connectivity index (χ4n) is 1.91. The molecule has 0 heterocycles. The van der Waals surface area contributed by atoms with Gasteiger partial charge in [-0.25, -0.2) is 4.79 Å². The Bertz CT molecular complexity index is 277. The second kappa shape index (κ2) is 6.47. The van der Waals surface area contributed by atoms with E-state index >= 15 is 0 Å². The molecule has 1 unspecified atom stereocenters. The van der Waals surface area contributed by atoms with Gasteiger partial charge in [0.05, 0.1) is 6.42 Å². The van der Waals surface area contributed by atoms with Gasteiger partial charge in [-0.15, -0.1) is 0 Å². The molecule has 0 aliphatic heterocycles. The Morgan fingerprint density at radius 1 is 1.47 bits per heavy atom. The molecule has 2 amide bonds. The van der Waals surface area contributed by atoms with Crippen molar-refractivity contribution in [2.24, 2.45) is 5.92 Å². The van der Waals surface area contributed by atoms with Crippen molar-refractivity contribution in [1.82, 2.24) is 10.2 Å². The summed E-state index contributed by atoms with van der Waals surface area (Å²) in [5.41, 5.74) is 0. The maximum absolute atomic E-state index is 11.8. The summed E-state index contributed by atoms with van der Waals surface area (Å²) in [5.74, 6) is -0.0800. The Morgan fingerprint density at radius 3 is 2.59 bits per heavy atom. The van der Waals surface area contributed by atoms with Gasteiger partial charge in [-0.2, -0.15) is 0 Å². The number of carbonyl (C=O) groups excluding carboxylic acids is 1. The third-order valence-electron chi connectivity index (χ3n) is 3.13. The third kappa shape index (κ3) is 5.06. The molecule has 5 nitrogen and oxygen atoms in total. The number of urea groups is 1. The lowest BCUT2D eigenvalue weighted by Gasteiger charge is -2.27. The highest BCUT2D eigenvalue weighted by Gasteiger charge is 2.23. The lowest BCUT2D eigenvalue weighted by atomic mass is 10.2. The zero-order valence-corrected chi connectivity index (χ0v) is 10.6. The summed E-state index contributed by atoms with van der Waals surface area (Å²) in [7, 11) is 0. The van der Waals surface area contributed by atoms with Gasteiger partial charge in [0.15, 0.2) is 0 Å². The van der Waals surface area contributed by atoms with Crippen LogP contribution in [0.5, 0.6) is 0 Å². The van der Waals surface area contributed by atoms with Crippen LogP contribution in [0, 0.1) is 5.92 Å². The van der Waals surface area contributed by atoms with Gasteiger partial charge in [-0.1, -0.05) is 12.8 Å². The van der Waals surface area contributed by atoms with E-state index in [1.807, 2.05) is 6.92 Å². The molecule has 1 aliphatic rings. The molecule has 0 spiro atoms. The van der Waals surface area contributed by atoms with Crippen LogP contribution in [-0.2, 0) is 4.79 Å². The average molecular weight is 242 g/mol. The number of hydrogen-bond donors (Lipinski definition) is 2. The summed E-state index contributed by atoms with van der Waals surface area (Å²) in [6.45, 7) is 4.85. The highest BCUT2D eigenvalue weighted by Crippen LogP contribution is 2.31. The topological polar surface area (TPSA) is 69.6 Å². The van der Waals surface area contributed by atoms with Crippen molar-refractivity contribution in [1.29, 1.82) is 0 Å². The highest BCUT2D eigenvalue weighted by atomic mass is 16.4. The molecule has 0 aromatic heterocycles. The van der Waals surface area contributed by atoms with Gasteiger partial charge in [-0.05, 0) is 26.2 Å². The van der Waals surface area contributed by atoms with Gasteiger partial charge >= 0.3 is 12.0 Å². The summed E-state index contributed by atoms with van der Waals surface area (Å²) in [5, 5.41) is 11.6. The molecule has 2 N–H and O–H groups in total. The summed E-state index contributed by atoms with van der Waals surface area (Å²) in [6, 6.07) is -0.416. The third-order valence-corrected chi connectivity index (χ3v) is 3.13. The SMILES string of the molecule is CCN(C(=O)NCCC1CC1)C(C)CC(=O)O. The van der Waals surface area contributed by atoms with Crippen LogP contribution >= 0.6 is 0 Å². The number of carboxylic acids is 1. The minimum absolute atomic E-state index is 0.0100. The van der Waals surface area contributed by atoms with Crippen LogP contribution in [0.1, 0.15) is 39.5 Å². The summed E-state index contributed by atoms with van der Waals surface area (Å²) >= 11 is 0. The summed E-state index contributed by atoms with van der Waals surface area (Å²) in [6.07, 6.45) is 3.59. The first-order chi connectivity index (χ1) is 8.04. The van der Waals surface area contributed by atoms with Crippen LogP contribution in [-0.4, -0.2) is 41.1 Å². The molecule has 1 rings (SSSR count). The van der Waals surface area contributed by atoms with Gasteiger partial charge < -0.3 is 15.3 Å². The zero-order chi connectivity index (χ0) is 12.8. The van der Waals surface area contributed by atoms with E-state index in [9.17, 15) is 9.59 Å². The molecule has 0 saturated heterocycles. The zero-order valence-electron chi connectivity index (χ0n) is 10.6. The lowest BCUT2D eigenvalue weighted by Crippen LogP contribution is -2.45. The van der Waals surface area contributed by atoms with E-state index in [2.05, 4.69) is 5.32 Å². The monoisotopic (exact) mass is 242 g/mol. The van der Waals surface area contributed by atoms with Gasteiger partial charge in [-0.3, -0.25) is 4.79 Å². The first-order valence-electron chi connectivity index (χ1n) is 6.30. The van der Waals surface area contributed by atoms with E-state index in [-0.39, 0.29) is 18.5 Å². The number of hydrogen-bond acceptors (Lipinski definition) is 2. The first-order valence-corrected chi connectivity index (χ1v) is 6.30. The smallest absolute Gasteiger partial charge is 0.317 e. The van der Waals surface area contributed by atoms with Crippen LogP contribution in [0.25, 0.3) is 0 Å². The quantitative estimate of drug-likeness (QED) is 0.713. The second-order valence-corrected chi connectivity index (χ2v) is 4.70. The molecule has 5 heteroatoms. The van der Waals surface area contributed by atoms with Gasteiger partial charge in [0, 0.05) is 19.1 Å². The minimum atomic E-state index is -0.873. The van der Waals surface area contributed by atoms with Crippen LogP contribution in [0.3, 0.4) is 0 Å². The van der Waals surface area contributed by atoms with Crippen LogP contribution in [0.4, 0.5) is 4.79 Å². The van der Waals surface area contributed by atoms with Gasteiger partial charge in [0.25, 0.3) is 0 Å². The number of nitrogens with one attached hydrogen (secondary N) is 1. The first kappa shape index (κ1) is 13.8. The number of aliphatic carboxylic acids is 1. The van der Waals surface area contributed by atoms with Crippen molar-refractivity contribution in [3.05, 3.63) is 0 Å². The van der Waals surface area contributed by atoms with E-state index in [4.69, 9.17) is 5.11 Å². The van der Waals surface area contributed by atoms with Crippen molar-refractivity contribution in [2.45, 2.75) is 45.6 Å². The molecule has 98 valence electrons.